The van der Waals surface area contributed by atoms with Crippen molar-refractivity contribution >= 4 is 17.9 Å². The Morgan fingerprint density at radius 1 is 1.00 bits per heavy atom. The van der Waals surface area contributed by atoms with Crippen molar-refractivity contribution in [3.63, 3.8) is 0 Å². The molecule has 0 saturated heterocycles. The number of aryl methyl sites for hydroxylation is 2. The Kier molecular flexibility index (Phi) is 3.68. The fourth-order valence-electron chi connectivity index (χ4n) is 1.60. The maximum absolute atomic E-state index is 10.8. The second-order valence-electron chi connectivity index (χ2n) is 4.15. The number of ether oxygens (including phenoxy) is 1. The van der Waals surface area contributed by atoms with Crippen molar-refractivity contribution in [2.45, 2.75) is 13.8 Å². The Morgan fingerprint density at radius 3 is 2.28 bits per heavy atom. The van der Waals surface area contributed by atoms with E-state index < -0.39 is 0 Å². The molecular weight excluding hydrogens is 248 g/mol. The largest absolute Gasteiger partial charge is 0.457 e. The summed E-state index contributed by atoms with van der Waals surface area (Å²) in [5.74, 6) is 1.37. The van der Waals surface area contributed by atoms with E-state index >= 15 is 0 Å². The molecule has 0 bridgehead atoms. The second-order valence-corrected chi connectivity index (χ2v) is 4.59. The van der Waals surface area contributed by atoms with Gasteiger partial charge in [-0.25, -0.2) is 0 Å². The van der Waals surface area contributed by atoms with Gasteiger partial charge in [0.2, 0.25) is 0 Å². The van der Waals surface area contributed by atoms with Gasteiger partial charge in [0.05, 0.1) is 0 Å². The monoisotopic (exact) mass is 260 g/mol. The summed E-state index contributed by atoms with van der Waals surface area (Å²) in [6, 6.07) is 10.8. The van der Waals surface area contributed by atoms with Crippen molar-refractivity contribution in [3.05, 3.63) is 58.1 Å². The average Bonchev–Trinajstić information content (AvgIpc) is 2.36. The van der Waals surface area contributed by atoms with Crippen LogP contribution in [0.1, 0.15) is 21.5 Å². The minimum Gasteiger partial charge on any atom is -0.457 e. The van der Waals surface area contributed by atoms with Crippen molar-refractivity contribution < 1.29 is 9.53 Å². The molecule has 2 aromatic rings. The molecular formula is C15H13ClO2. The summed E-state index contributed by atoms with van der Waals surface area (Å²) in [4.78, 5) is 10.8. The van der Waals surface area contributed by atoms with Crippen molar-refractivity contribution in [1.82, 2.24) is 0 Å². The number of aldehydes is 1. The molecule has 0 radical (unpaired) electrons. The first-order valence-electron chi connectivity index (χ1n) is 5.60. The molecule has 0 aliphatic carbocycles. The van der Waals surface area contributed by atoms with Gasteiger partial charge in [0.1, 0.15) is 17.8 Å². The van der Waals surface area contributed by atoms with Gasteiger partial charge in [-0.2, -0.15) is 0 Å². The predicted molar refractivity (Wildman–Crippen MR) is 72.8 cm³/mol. The number of rotatable bonds is 3. The van der Waals surface area contributed by atoms with Crippen LogP contribution in [-0.2, 0) is 0 Å². The van der Waals surface area contributed by atoms with Crippen LogP contribution in [0.3, 0.4) is 0 Å². The highest BCUT2D eigenvalue weighted by Crippen LogP contribution is 2.30. The van der Waals surface area contributed by atoms with Gasteiger partial charge in [-0.1, -0.05) is 29.8 Å². The lowest BCUT2D eigenvalue weighted by molar-refractivity contribution is 0.112. The van der Waals surface area contributed by atoms with Crippen LogP contribution in [0.2, 0.25) is 5.02 Å². The molecule has 3 heteroatoms. The van der Waals surface area contributed by atoms with Crippen molar-refractivity contribution in [1.29, 1.82) is 0 Å². The lowest BCUT2D eigenvalue weighted by atomic mass is 10.1. The summed E-state index contributed by atoms with van der Waals surface area (Å²) >= 11 is 5.95. The second kappa shape index (κ2) is 5.23. The molecule has 0 amide bonds. The van der Waals surface area contributed by atoms with E-state index in [1.807, 2.05) is 32.0 Å². The first-order chi connectivity index (χ1) is 8.60. The first-order valence-corrected chi connectivity index (χ1v) is 5.98. The normalized spacial score (nSPS) is 10.2. The summed E-state index contributed by atoms with van der Waals surface area (Å²) in [6.45, 7) is 3.88. The van der Waals surface area contributed by atoms with Crippen molar-refractivity contribution in [2.24, 2.45) is 0 Å². The number of hydrogen-bond acceptors (Lipinski definition) is 2. The molecule has 18 heavy (non-hydrogen) atoms. The zero-order valence-corrected chi connectivity index (χ0v) is 11.0. The molecule has 0 saturated carbocycles. The molecule has 0 fully saturated rings. The van der Waals surface area contributed by atoms with Gasteiger partial charge < -0.3 is 4.74 Å². The van der Waals surface area contributed by atoms with Crippen LogP contribution in [0.4, 0.5) is 0 Å². The third-order valence-corrected chi connectivity index (χ3v) is 2.95. The molecule has 0 N–H and O–H groups in total. The molecule has 2 rings (SSSR count). The smallest absolute Gasteiger partial charge is 0.150 e. The molecule has 2 aromatic carbocycles. The van der Waals surface area contributed by atoms with Crippen molar-refractivity contribution in [3.8, 4) is 11.5 Å². The number of halogens is 1. The van der Waals surface area contributed by atoms with Gasteiger partial charge in [-0.3, -0.25) is 4.79 Å². The first kappa shape index (κ1) is 12.7. The molecule has 92 valence electrons. The van der Waals surface area contributed by atoms with E-state index in [1.165, 1.54) is 0 Å². The van der Waals surface area contributed by atoms with Gasteiger partial charge >= 0.3 is 0 Å². The maximum atomic E-state index is 10.8. The Morgan fingerprint density at radius 2 is 1.61 bits per heavy atom. The van der Waals surface area contributed by atoms with E-state index in [9.17, 15) is 4.79 Å². The van der Waals surface area contributed by atoms with Gasteiger partial charge in [-0.05, 0) is 43.2 Å². The minimum atomic E-state index is 0.593. The Bertz CT molecular complexity index is 591. The topological polar surface area (TPSA) is 26.3 Å². The fraction of sp³-hybridized carbons (Fsp3) is 0.133. The van der Waals surface area contributed by atoms with E-state index in [0.717, 1.165) is 17.4 Å². The standard InChI is InChI=1S/C15H13ClO2/c1-10-3-5-12(9-17)7-14(10)18-15-8-13(16)6-4-11(15)2/h3-9H,1-2H3. The molecule has 0 aromatic heterocycles. The van der Waals surface area contributed by atoms with Crippen LogP contribution in [0, 0.1) is 13.8 Å². The van der Waals surface area contributed by atoms with Crippen molar-refractivity contribution in [2.75, 3.05) is 0 Å². The van der Waals surface area contributed by atoms with E-state index in [1.54, 1.807) is 18.2 Å². The highest BCUT2D eigenvalue weighted by atomic mass is 35.5. The van der Waals surface area contributed by atoms with Crippen LogP contribution < -0.4 is 4.74 Å². The summed E-state index contributed by atoms with van der Waals surface area (Å²) < 4.78 is 5.82. The SMILES string of the molecule is Cc1ccc(Cl)cc1Oc1cc(C=O)ccc1C. The minimum absolute atomic E-state index is 0.593. The Labute approximate surface area is 111 Å². The average molecular weight is 261 g/mol. The zero-order chi connectivity index (χ0) is 13.1. The Hall–Kier alpha value is -1.80. The molecule has 0 heterocycles. The lowest BCUT2D eigenvalue weighted by Crippen LogP contribution is -1.92. The number of benzene rings is 2. The van der Waals surface area contributed by atoms with Crippen LogP contribution in [-0.4, -0.2) is 6.29 Å². The summed E-state index contributed by atoms with van der Waals surface area (Å²) in [5.41, 5.74) is 2.56. The third kappa shape index (κ3) is 2.71. The molecule has 0 spiro atoms. The van der Waals surface area contributed by atoms with Crippen LogP contribution in [0.15, 0.2) is 36.4 Å². The molecule has 0 aliphatic rings. The zero-order valence-electron chi connectivity index (χ0n) is 10.2. The van der Waals surface area contributed by atoms with Crippen LogP contribution >= 0.6 is 11.6 Å². The summed E-state index contributed by atoms with van der Waals surface area (Å²) in [5, 5.41) is 0.625. The van der Waals surface area contributed by atoms with E-state index in [4.69, 9.17) is 16.3 Å². The molecule has 0 unspecified atom stereocenters. The lowest BCUT2D eigenvalue weighted by Gasteiger charge is -2.11. The van der Waals surface area contributed by atoms with E-state index in [-0.39, 0.29) is 0 Å². The van der Waals surface area contributed by atoms with Crippen LogP contribution in [0.5, 0.6) is 11.5 Å². The van der Waals surface area contributed by atoms with E-state index in [2.05, 4.69) is 0 Å². The highest BCUT2D eigenvalue weighted by molar-refractivity contribution is 6.30. The molecule has 2 nitrogen and oxygen atoms in total. The molecule has 0 atom stereocenters. The summed E-state index contributed by atoms with van der Waals surface area (Å²) in [7, 11) is 0. The van der Waals surface area contributed by atoms with Crippen LogP contribution in [0.25, 0.3) is 0 Å². The number of carbonyl (C=O) groups is 1. The number of hydrogen-bond donors (Lipinski definition) is 0. The Balaban J connectivity index is 2.38. The maximum Gasteiger partial charge on any atom is 0.150 e. The molecule has 0 aliphatic heterocycles. The van der Waals surface area contributed by atoms with Gasteiger partial charge in [-0.15, -0.1) is 0 Å². The summed E-state index contributed by atoms with van der Waals surface area (Å²) in [6.07, 6.45) is 0.803. The van der Waals surface area contributed by atoms with Gasteiger partial charge in [0, 0.05) is 10.6 Å². The van der Waals surface area contributed by atoms with Gasteiger partial charge in [0.25, 0.3) is 0 Å². The predicted octanol–water partition coefficient (Wildman–Crippen LogP) is 4.56. The quantitative estimate of drug-likeness (QED) is 0.756. The van der Waals surface area contributed by atoms with Gasteiger partial charge in [0.15, 0.2) is 0 Å². The highest BCUT2D eigenvalue weighted by Gasteiger charge is 2.06. The van der Waals surface area contributed by atoms with E-state index in [0.29, 0.717) is 22.1 Å². The number of carbonyl (C=O) groups excluding carboxylic acids is 1. The third-order valence-electron chi connectivity index (χ3n) is 2.72. The fourth-order valence-corrected chi connectivity index (χ4v) is 1.76.